The zero-order valence-electron chi connectivity index (χ0n) is 9.93. The molecule has 0 heterocycles. The molecule has 0 aromatic carbocycles. The number of nitrogens with one attached hydrogen (secondary N) is 2. The molecule has 0 aromatic rings. The first-order chi connectivity index (χ1) is 8.29. The summed E-state index contributed by atoms with van der Waals surface area (Å²) in [6.07, 6.45) is 0.996. The maximum absolute atomic E-state index is 11.4. The first-order valence-corrected chi connectivity index (χ1v) is 6.84. The summed E-state index contributed by atoms with van der Waals surface area (Å²) in [7, 11) is -2.96. The SMILES string of the molecule is COC(=O)NS(=O)(=O)NCC1(CC(=O)O)CCC1. The van der Waals surface area contributed by atoms with E-state index in [1.807, 2.05) is 0 Å². The second-order valence-electron chi connectivity index (χ2n) is 4.34. The summed E-state index contributed by atoms with van der Waals surface area (Å²) < 4.78 is 30.8. The molecule has 0 aromatic heterocycles. The molecule has 0 bridgehead atoms. The molecule has 9 heteroatoms. The zero-order chi connectivity index (χ0) is 13.8. The molecule has 1 aliphatic rings. The fraction of sp³-hybridized carbons (Fsp3) is 0.778. The number of amides is 1. The molecular formula is C9H16N2O6S. The molecule has 3 N–H and O–H groups in total. The predicted octanol–water partition coefficient (Wildman–Crippen LogP) is -0.178. The zero-order valence-corrected chi connectivity index (χ0v) is 10.7. The molecular weight excluding hydrogens is 264 g/mol. The van der Waals surface area contributed by atoms with Gasteiger partial charge in [0.25, 0.3) is 0 Å². The van der Waals surface area contributed by atoms with E-state index in [0.29, 0.717) is 12.8 Å². The van der Waals surface area contributed by atoms with E-state index in [9.17, 15) is 18.0 Å². The van der Waals surface area contributed by atoms with E-state index in [2.05, 4.69) is 9.46 Å². The van der Waals surface area contributed by atoms with E-state index < -0.39 is 27.7 Å². The Morgan fingerprint density at radius 1 is 1.39 bits per heavy atom. The molecule has 1 fully saturated rings. The Kier molecular flexibility index (Phi) is 4.52. The van der Waals surface area contributed by atoms with Crippen molar-refractivity contribution < 1.29 is 27.9 Å². The number of hydrogen-bond donors (Lipinski definition) is 3. The Hall–Kier alpha value is -1.35. The minimum absolute atomic E-state index is 0.00831. The first kappa shape index (κ1) is 14.7. The van der Waals surface area contributed by atoms with E-state index in [-0.39, 0.29) is 13.0 Å². The van der Waals surface area contributed by atoms with Gasteiger partial charge < -0.3 is 9.84 Å². The summed E-state index contributed by atoms with van der Waals surface area (Å²) in [6.45, 7) is -0.00831. The highest BCUT2D eigenvalue weighted by atomic mass is 32.2. The van der Waals surface area contributed by atoms with Gasteiger partial charge in [-0.1, -0.05) is 6.42 Å². The van der Waals surface area contributed by atoms with Crippen LogP contribution in [0.2, 0.25) is 0 Å². The smallest absolute Gasteiger partial charge is 0.421 e. The summed E-state index contributed by atoms with van der Waals surface area (Å²) in [6, 6.07) is 0. The Balaban J connectivity index is 2.52. The second kappa shape index (κ2) is 5.53. The van der Waals surface area contributed by atoms with Crippen molar-refractivity contribution in [1.82, 2.24) is 9.44 Å². The standard InChI is InChI=1S/C9H16N2O6S/c1-17-8(14)11-18(15,16)10-6-9(3-2-4-9)5-7(12)13/h10H,2-6H2,1H3,(H,11,14)(H,12,13). The first-order valence-electron chi connectivity index (χ1n) is 5.36. The van der Waals surface area contributed by atoms with E-state index in [4.69, 9.17) is 5.11 Å². The van der Waals surface area contributed by atoms with Crippen molar-refractivity contribution in [2.45, 2.75) is 25.7 Å². The van der Waals surface area contributed by atoms with Gasteiger partial charge in [-0.2, -0.15) is 13.1 Å². The highest BCUT2D eigenvalue weighted by Crippen LogP contribution is 2.43. The third-order valence-electron chi connectivity index (χ3n) is 2.98. The van der Waals surface area contributed by atoms with Crippen molar-refractivity contribution in [1.29, 1.82) is 0 Å². The molecule has 104 valence electrons. The molecule has 1 amide bonds. The molecule has 8 nitrogen and oxygen atoms in total. The lowest BCUT2D eigenvalue weighted by Crippen LogP contribution is -2.48. The van der Waals surface area contributed by atoms with Crippen molar-refractivity contribution in [3.63, 3.8) is 0 Å². The van der Waals surface area contributed by atoms with Gasteiger partial charge in [0.1, 0.15) is 0 Å². The Labute approximate surface area is 105 Å². The summed E-state index contributed by atoms with van der Waals surface area (Å²) >= 11 is 0. The lowest BCUT2D eigenvalue weighted by Gasteiger charge is -2.40. The maximum atomic E-state index is 11.4. The quantitative estimate of drug-likeness (QED) is 0.620. The number of methoxy groups -OCH3 is 1. The molecule has 0 saturated heterocycles. The van der Waals surface area contributed by atoms with E-state index >= 15 is 0 Å². The van der Waals surface area contributed by atoms with Crippen LogP contribution in [0.1, 0.15) is 25.7 Å². The highest BCUT2D eigenvalue weighted by Gasteiger charge is 2.39. The minimum Gasteiger partial charge on any atom is -0.481 e. The molecule has 0 radical (unpaired) electrons. The number of carbonyl (C=O) groups is 2. The minimum atomic E-state index is -4.01. The van der Waals surface area contributed by atoms with E-state index in [0.717, 1.165) is 13.5 Å². The van der Waals surface area contributed by atoms with Gasteiger partial charge in [0.2, 0.25) is 0 Å². The average Bonchev–Trinajstić information content (AvgIpc) is 2.20. The van der Waals surface area contributed by atoms with Crippen LogP contribution in [0.25, 0.3) is 0 Å². The molecule has 0 atom stereocenters. The third-order valence-corrected chi connectivity index (χ3v) is 3.94. The number of aliphatic carboxylic acids is 1. The van der Waals surface area contributed by atoms with Crippen LogP contribution >= 0.6 is 0 Å². The van der Waals surface area contributed by atoms with Gasteiger partial charge in [0.05, 0.1) is 13.5 Å². The van der Waals surface area contributed by atoms with Crippen LogP contribution < -0.4 is 9.44 Å². The number of carbonyl (C=O) groups excluding carboxylic acids is 1. The Bertz CT molecular complexity index is 428. The van der Waals surface area contributed by atoms with E-state index in [1.54, 1.807) is 4.72 Å². The molecule has 1 rings (SSSR count). The van der Waals surface area contributed by atoms with Crippen LogP contribution in [-0.2, 0) is 19.7 Å². The third kappa shape index (κ3) is 4.15. The van der Waals surface area contributed by atoms with Crippen LogP contribution in [0.5, 0.6) is 0 Å². The lowest BCUT2D eigenvalue weighted by atomic mass is 9.67. The maximum Gasteiger partial charge on any atom is 0.421 e. The summed E-state index contributed by atoms with van der Waals surface area (Å²) in [5, 5.41) is 8.76. The Morgan fingerprint density at radius 2 is 2.00 bits per heavy atom. The van der Waals surface area contributed by atoms with E-state index in [1.165, 1.54) is 0 Å². The largest absolute Gasteiger partial charge is 0.481 e. The van der Waals surface area contributed by atoms with Gasteiger partial charge in [0.15, 0.2) is 0 Å². The van der Waals surface area contributed by atoms with Crippen LogP contribution in [0, 0.1) is 5.41 Å². The van der Waals surface area contributed by atoms with Gasteiger partial charge in [-0.3, -0.25) is 4.79 Å². The van der Waals surface area contributed by atoms with Crippen LogP contribution in [0.15, 0.2) is 0 Å². The van der Waals surface area contributed by atoms with Gasteiger partial charge in [-0.05, 0) is 18.3 Å². The van der Waals surface area contributed by atoms with Crippen molar-refractivity contribution >= 4 is 22.3 Å². The lowest BCUT2D eigenvalue weighted by molar-refractivity contribution is -0.141. The van der Waals surface area contributed by atoms with Gasteiger partial charge in [-0.15, -0.1) is 0 Å². The molecule has 1 saturated carbocycles. The monoisotopic (exact) mass is 280 g/mol. The second-order valence-corrected chi connectivity index (χ2v) is 5.84. The molecule has 18 heavy (non-hydrogen) atoms. The van der Waals surface area contributed by atoms with Crippen molar-refractivity contribution in [3.05, 3.63) is 0 Å². The van der Waals surface area contributed by atoms with Crippen molar-refractivity contribution in [2.24, 2.45) is 5.41 Å². The van der Waals surface area contributed by atoms with Crippen molar-refractivity contribution in [2.75, 3.05) is 13.7 Å². The van der Waals surface area contributed by atoms with Crippen LogP contribution in [-0.4, -0.2) is 39.2 Å². The van der Waals surface area contributed by atoms with Crippen LogP contribution in [0.4, 0.5) is 4.79 Å². The predicted molar refractivity (Wildman–Crippen MR) is 61.0 cm³/mol. The fourth-order valence-corrected chi connectivity index (χ4v) is 2.72. The van der Waals surface area contributed by atoms with Crippen LogP contribution in [0.3, 0.4) is 0 Å². The van der Waals surface area contributed by atoms with Crippen molar-refractivity contribution in [3.8, 4) is 0 Å². The molecule has 0 unspecified atom stereocenters. The molecule has 1 aliphatic carbocycles. The number of rotatable bonds is 6. The molecule has 0 aliphatic heterocycles. The number of carboxylic acids is 1. The highest BCUT2D eigenvalue weighted by molar-refractivity contribution is 7.88. The average molecular weight is 280 g/mol. The number of carboxylic acid groups (broad SMARTS) is 1. The normalized spacial score (nSPS) is 17.6. The molecule has 0 spiro atoms. The van der Waals surface area contributed by atoms with Gasteiger partial charge >= 0.3 is 22.3 Å². The number of ether oxygens (including phenoxy) is 1. The summed E-state index contributed by atoms with van der Waals surface area (Å²) in [5.74, 6) is -0.963. The number of hydrogen-bond acceptors (Lipinski definition) is 5. The van der Waals surface area contributed by atoms with Gasteiger partial charge in [-0.25, -0.2) is 9.52 Å². The Morgan fingerprint density at radius 3 is 2.39 bits per heavy atom. The summed E-state index contributed by atoms with van der Waals surface area (Å²) in [4.78, 5) is 21.5. The van der Waals surface area contributed by atoms with Gasteiger partial charge in [0, 0.05) is 6.54 Å². The fourth-order valence-electron chi connectivity index (χ4n) is 1.85. The summed E-state index contributed by atoms with van der Waals surface area (Å²) in [5.41, 5.74) is -0.545. The topological polar surface area (TPSA) is 122 Å².